The fraction of sp³-hybridized carbons (Fsp3) is 0.471. The molecule has 2 saturated heterocycles. The van der Waals surface area contributed by atoms with E-state index in [1.165, 1.54) is 4.90 Å². The standard InChI is InChI=1S/C34H37ClFN7O2/c1-22(36)32(44)42-19-18-41(20-24(42)11-15-37)31-26-12-17-43(28-10-4-7-23-6-3-9-27(35)29(23)28)34(13-14-34)30(26)38-33(39-31)45-21-25-8-5-16-40(25)2/h3-4,6-7,9-10,24-25H,1,5,8,11-14,16-21H2,2H3/t24-,25-/m0/s1. The number of ether oxygens (including phenoxy) is 1. The largest absolute Gasteiger partial charge is 0.462 e. The first kappa shape index (κ1) is 29.8. The van der Waals surface area contributed by atoms with Crippen LogP contribution in [0.1, 0.15) is 43.4 Å². The minimum Gasteiger partial charge on any atom is -0.462 e. The lowest BCUT2D eigenvalue weighted by molar-refractivity contribution is -0.131. The fourth-order valence-corrected chi connectivity index (χ4v) is 7.83. The molecule has 4 heterocycles. The van der Waals surface area contributed by atoms with Gasteiger partial charge in [0.25, 0.3) is 5.91 Å². The molecule has 1 aliphatic carbocycles. The Hall–Kier alpha value is -3.94. The second-order valence-electron chi connectivity index (χ2n) is 12.7. The van der Waals surface area contributed by atoms with Crippen LogP contribution in [0.15, 0.2) is 48.8 Å². The number of nitrogens with zero attached hydrogens (tertiary/aromatic N) is 7. The molecule has 4 aliphatic rings. The zero-order valence-corrected chi connectivity index (χ0v) is 26.3. The van der Waals surface area contributed by atoms with Gasteiger partial charge in [0, 0.05) is 48.9 Å². The lowest BCUT2D eigenvalue weighted by Crippen LogP contribution is -2.56. The SMILES string of the molecule is C=C(F)C(=O)N1CCN(c2nc(OC[C@@H]3CCCN3C)nc3c2CCN(c2cccc4cccc(Cl)c24)C32CC2)C[C@@H]1CC#N. The number of fused-ring (bicyclic) bond motifs is 3. The molecule has 1 amide bonds. The first-order valence-corrected chi connectivity index (χ1v) is 16.1. The lowest BCUT2D eigenvalue weighted by Gasteiger charge is -2.44. The Balaban J connectivity index is 1.28. The number of piperazine rings is 1. The fourth-order valence-electron chi connectivity index (χ4n) is 7.55. The number of likely N-dealkylation sites (N-methyl/N-ethyl adjacent to an activating group) is 1. The average Bonchev–Trinajstić information content (AvgIpc) is 3.72. The number of hydrogen-bond donors (Lipinski definition) is 0. The highest BCUT2D eigenvalue weighted by atomic mass is 35.5. The van der Waals surface area contributed by atoms with E-state index in [-0.39, 0.29) is 18.5 Å². The normalized spacial score (nSPS) is 22.4. The second-order valence-corrected chi connectivity index (χ2v) is 13.1. The molecule has 45 heavy (non-hydrogen) atoms. The number of halogens is 2. The summed E-state index contributed by atoms with van der Waals surface area (Å²) in [4.78, 5) is 31.1. The third-order valence-electron chi connectivity index (χ3n) is 10.0. The van der Waals surface area contributed by atoms with E-state index >= 15 is 0 Å². The van der Waals surface area contributed by atoms with Gasteiger partial charge in [0.15, 0.2) is 5.83 Å². The summed E-state index contributed by atoms with van der Waals surface area (Å²) >= 11 is 6.79. The Bertz CT molecular complexity index is 1700. The highest BCUT2D eigenvalue weighted by Gasteiger charge is 2.55. The summed E-state index contributed by atoms with van der Waals surface area (Å²) in [5.74, 6) is -0.987. The summed E-state index contributed by atoms with van der Waals surface area (Å²) in [5, 5.41) is 12.4. The van der Waals surface area contributed by atoms with Gasteiger partial charge in [-0.05, 0) is 63.2 Å². The third kappa shape index (κ3) is 5.26. The van der Waals surface area contributed by atoms with Gasteiger partial charge in [-0.2, -0.15) is 15.2 Å². The summed E-state index contributed by atoms with van der Waals surface area (Å²) in [5.41, 5.74) is 2.84. The van der Waals surface area contributed by atoms with E-state index in [0.29, 0.717) is 38.2 Å². The number of carbonyl (C=O) groups is 1. The molecule has 3 fully saturated rings. The van der Waals surface area contributed by atoms with Crippen LogP contribution in [0.3, 0.4) is 0 Å². The molecule has 234 valence electrons. The Morgan fingerprint density at radius 1 is 1.16 bits per heavy atom. The first-order chi connectivity index (χ1) is 21.8. The van der Waals surface area contributed by atoms with E-state index in [1.54, 1.807) is 0 Å². The van der Waals surface area contributed by atoms with Crippen molar-refractivity contribution in [1.82, 2.24) is 19.8 Å². The molecule has 2 aromatic carbocycles. The van der Waals surface area contributed by atoms with Crippen LogP contribution in [0.25, 0.3) is 10.8 Å². The Labute approximate surface area is 267 Å². The third-order valence-corrected chi connectivity index (χ3v) is 10.3. The number of rotatable bonds is 7. The smallest absolute Gasteiger partial charge is 0.318 e. The number of amides is 1. The molecular weight excluding hydrogens is 593 g/mol. The molecule has 9 nitrogen and oxygen atoms in total. The van der Waals surface area contributed by atoms with Crippen LogP contribution in [0.4, 0.5) is 15.9 Å². The molecule has 1 aromatic heterocycles. The molecular formula is C34H37ClFN7O2. The predicted octanol–water partition coefficient (Wildman–Crippen LogP) is 5.22. The molecule has 7 rings (SSSR count). The summed E-state index contributed by atoms with van der Waals surface area (Å²) in [7, 11) is 2.12. The van der Waals surface area contributed by atoms with Crippen molar-refractivity contribution < 1.29 is 13.9 Å². The summed E-state index contributed by atoms with van der Waals surface area (Å²) in [6.45, 7) is 6.59. The molecule has 2 atom stereocenters. The Kier molecular flexibility index (Phi) is 7.78. The van der Waals surface area contributed by atoms with Crippen LogP contribution in [0.5, 0.6) is 6.01 Å². The number of anilines is 2. The van der Waals surface area contributed by atoms with Crippen LogP contribution < -0.4 is 14.5 Å². The molecule has 0 bridgehead atoms. The lowest BCUT2D eigenvalue weighted by atomic mass is 9.93. The van der Waals surface area contributed by atoms with Crippen molar-refractivity contribution in [3.8, 4) is 12.1 Å². The van der Waals surface area contributed by atoms with Crippen molar-refractivity contribution in [2.75, 3.05) is 56.2 Å². The molecule has 1 spiro atoms. The maximum Gasteiger partial charge on any atom is 0.318 e. The van der Waals surface area contributed by atoms with E-state index in [9.17, 15) is 14.4 Å². The highest BCUT2D eigenvalue weighted by Crippen LogP contribution is 2.57. The Morgan fingerprint density at radius 3 is 2.67 bits per heavy atom. The summed E-state index contributed by atoms with van der Waals surface area (Å²) < 4.78 is 20.3. The van der Waals surface area contributed by atoms with Crippen molar-refractivity contribution in [1.29, 1.82) is 5.26 Å². The van der Waals surface area contributed by atoms with E-state index < -0.39 is 17.8 Å². The molecule has 0 N–H and O–H groups in total. The van der Waals surface area contributed by atoms with Crippen molar-refractivity contribution in [2.24, 2.45) is 0 Å². The van der Waals surface area contributed by atoms with Gasteiger partial charge >= 0.3 is 6.01 Å². The van der Waals surface area contributed by atoms with E-state index in [0.717, 1.165) is 77.3 Å². The van der Waals surface area contributed by atoms with Crippen LogP contribution in [-0.2, 0) is 16.8 Å². The molecule has 11 heteroatoms. The molecule has 3 aromatic rings. The van der Waals surface area contributed by atoms with Crippen LogP contribution in [-0.4, -0.2) is 84.1 Å². The first-order valence-electron chi connectivity index (χ1n) is 15.8. The van der Waals surface area contributed by atoms with Gasteiger partial charge in [-0.25, -0.2) is 4.39 Å². The van der Waals surface area contributed by atoms with Gasteiger partial charge in [0.05, 0.1) is 34.8 Å². The van der Waals surface area contributed by atoms with Gasteiger partial charge < -0.3 is 24.3 Å². The molecule has 3 aliphatic heterocycles. The molecule has 0 radical (unpaired) electrons. The van der Waals surface area contributed by atoms with Gasteiger partial charge in [-0.15, -0.1) is 0 Å². The highest BCUT2D eigenvalue weighted by molar-refractivity contribution is 6.36. The maximum atomic E-state index is 13.9. The van der Waals surface area contributed by atoms with E-state index in [1.807, 2.05) is 12.1 Å². The van der Waals surface area contributed by atoms with E-state index in [2.05, 4.69) is 58.7 Å². The average molecular weight is 630 g/mol. The summed E-state index contributed by atoms with van der Waals surface area (Å²) in [6.07, 6.45) is 4.89. The predicted molar refractivity (Wildman–Crippen MR) is 172 cm³/mol. The minimum absolute atomic E-state index is 0.0831. The van der Waals surface area contributed by atoms with Crippen molar-refractivity contribution in [3.05, 3.63) is 65.1 Å². The van der Waals surface area contributed by atoms with Gasteiger partial charge in [0.1, 0.15) is 12.4 Å². The number of hydrogen-bond acceptors (Lipinski definition) is 8. The van der Waals surface area contributed by atoms with Gasteiger partial charge in [-0.3, -0.25) is 4.79 Å². The van der Waals surface area contributed by atoms with Crippen LogP contribution in [0, 0.1) is 11.3 Å². The topological polar surface area (TPSA) is 88.8 Å². The van der Waals surface area contributed by atoms with Crippen molar-refractivity contribution in [3.63, 3.8) is 0 Å². The number of carbonyl (C=O) groups excluding carboxylic acids is 1. The molecule has 0 unspecified atom stereocenters. The van der Waals surface area contributed by atoms with Crippen molar-refractivity contribution >= 4 is 39.8 Å². The number of aromatic nitrogens is 2. The number of benzene rings is 2. The molecule has 1 saturated carbocycles. The van der Waals surface area contributed by atoms with Crippen molar-refractivity contribution in [2.45, 2.75) is 56.1 Å². The second kappa shape index (κ2) is 11.8. The minimum atomic E-state index is -1.01. The quantitative estimate of drug-likeness (QED) is 0.329. The zero-order chi connectivity index (χ0) is 31.3. The monoisotopic (exact) mass is 629 g/mol. The van der Waals surface area contributed by atoms with Gasteiger partial charge in [0.2, 0.25) is 0 Å². The number of nitriles is 1. The Morgan fingerprint density at radius 2 is 1.96 bits per heavy atom. The van der Waals surface area contributed by atoms with E-state index in [4.69, 9.17) is 26.3 Å². The number of likely N-dealkylation sites (tertiary alicyclic amines) is 1. The summed E-state index contributed by atoms with van der Waals surface area (Å²) in [6, 6.07) is 14.7. The van der Waals surface area contributed by atoms with Crippen LogP contribution >= 0.6 is 11.6 Å². The zero-order valence-electron chi connectivity index (χ0n) is 25.5. The van der Waals surface area contributed by atoms with Crippen LogP contribution in [0.2, 0.25) is 5.02 Å². The maximum absolute atomic E-state index is 13.9. The van der Waals surface area contributed by atoms with Gasteiger partial charge in [-0.1, -0.05) is 42.4 Å².